The molecule has 6 nitrogen and oxygen atoms in total. The van der Waals surface area contributed by atoms with Crippen LogP contribution in [0.5, 0.6) is 0 Å². The molecule has 0 bridgehead atoms. The van der Waals surface area contributed by atoms with E-state index >= 15 is 0 Å². The zero-order valence-electron chi connectivity index (χ0n) is 15.1. The molecule has 6 heteroatoms. The maximum absolute atomic E-state index is 6.53. The molecule has 6 atom stereocenters. The van der Waals surface area contributed by atoms with E-state index in [2.05, 4.69) is 18.2 Å². The Morgan fingerprint density at radius 1 is 0.846 bits per heavy atom. The maximum atomic E-state index is 6.53. The normalized spacial score (nSPS) is 42.3. The highest BCUT2D eigenvalue weighted by molar-refractivity contribution is 5.27. The molecule has 5 rings (SSSR count). The van der Waals surface area contributed by atoms with Gasteiger partial charge in [-0.2, -0.15) is 0 Å². The largest absolute Gasteiger partial charge is 0.495 e. The second kappa shape index (κ2) is 7.24. The van der Waals surface area contributed by atoms with Crippen molar-refractivity contribution in [3.63, 3.8) is 0 Å². The quantitative estimate of drug-likeness (QED) is 0.493. The second-order valence-corrected chi connectivity index (χ2v) is 8.00. The fraction of sp³-hybridized carbons (Fsp3) is 0.800. The Balaban J connectivity index is 1.31. The Bertz CT molecular complexity index is 541. The van der Waals surface area contributed by atoms with Gasteiger partial charge in [0.25, 0.3) is 0 Å². The molecule has 0 aromatic heterocycles. The molecule has 0 radical (unpaired) electrons. The van der Waals surface area contributed by atoms with Gasteiger partial charge in [-0.25, -0.2) is 0 Å². The minimum absolute atomic E-state index is 0.202. The van der Waals surface area contributed by atoms with Crippen LogP contribution in [0.3, 0.4) is 0 Å². The number of ether oxygens (including phenoxy) is 6. The Hall–Kier alpha value is -0.920. The molecule has 1 aliphatic carbocycles. The molecule has 0 aromatic carbocycles. The van der Waals surface area contributed by atoms with E-state index in [1.165, 1.54) is 0 Å². The first kappa shape index (κ1) is 17.2. The van der Waals surface area contributed by atoms with Gasteiger partial charge in [-0.15, -0.1) is 0 Å². The summed E-state index contributed by atoms with van der Waals surface area (Å²) in [7, 11) is 0. The average Bonchev–Trinajstić information content (AvgIpc) is 3.46. The molecule has 5 aliphatic rings. The topological polar surface area (TPSA) is 68.6 Å². The molecule has 4 fully saturated rings. The molecular weight excluding hydrogens is 336 g/mol. The number of epoxide rings is 4. The van der Waals surface area contributed by atoms with Crippen LogP contribution in [0, 0.1) is 5.92 Å². The smallest absolute Gasteiger partial charge is 0.116 e. The summed E-state index contributed by atoms with van der Waals surface area (Å²) < 4.78 is 34.3. The molecule has 26 heavy (non-hydrogen) atoms. The minimum atomic E-state index is -0.346. The lowest BCUT2D eigenvalue weighted by Gasteiger charge is -2.41. The molecule has 0 saturated carbocycles. The summed E-state index contributed by atoms with van der Waals surface area (Å²) in [5, 5.41) is 0. The molecule has 0 N–H and O–H groups in total. The molecule has 6 unspecified atom stereocenters. The van der Waals surface area contributed by atoms with Crippen molar-refractivity contribution in [2.75, 3.05) is 39.6 Å². The van der Waals surface area contributed by atoms with Crippen LogP contribution < -0.4 is 0 Å². The zero-order valence-corrected chi connectivity index (χ0v) is 15.1. The van der Waals surface area contributed by atoms with Crippen molar-refractivity contribution in [3.8, 4) is 0 Å². The van der Waals surface area contributed by atoms with Crippen molar-refractivity contribution in [2.45, 2.75) is 55.7 Å². The molecule has 0 aromatic rings. The lowest BCUT2D eigenvalue weighted by Crippen LogP contribution is -2.43. The van der Waals surface area contributed by atoms with Gasteiger partial charge < -0.3 is 28.4 Å². The van der Waals surface area contributed by atoms with E-state index in [1.807, 2.05) is 0 Å². The van der Waals surface area contributed by atoms with Gasteiger partial charge in [-0.3, -0.25) is 0 Å². The van der Waals surface area contributed by atoms with Crippen molar-refractivity contribution in [1.29, 1.82) is 0 Å². The van der Waals surface area contributed by atoms with Crippen molar-refractivity contribution in [2.24, 2.45) is 5.92 Å². The molecule has 0 spiro atoms. The Kier molecular flexibility index (Phi) is 4.79. The average molecular weight is 364 g/mol. The predicted octanol–water partition coefficient (Wildman–Crippen LogP) is 1.98. The van der Waals surface area contributed by atoms with Gasteiger partial charge in [0.1, 0.15) is 24.6 Å². The van der Waals surface area contributed by atoms with E-state index in [0.29, 0.717) is 25.4 Å². The van der Waals surface area contributed by atoms with Gasteiger partial charge in [0.05, 0.1) is 50.8 Å². The lowest BCUT2D eigenvalue weighted by atomic mass is 9.76. The van der Waals surface area contributed by atoms with E-state index < -0.39 is 0 Å². The van der Waals surface area contributed by atoms with Gasteiger partial charge in [0, 0.05) is 5.92 Å². The first-order chi connectivity index (χ1) is 12.8. The Labute approximate surface area is 154 Å². The maximum Gasteiger partial charge on any atom is 0.116 e. The van der Waals surface area contributed by atoms with Crippen LogP contribution in [0.4, 0.5) is 0 Å². The minimum Gasteiger partial charge on any atom is -0.495 e. The number of allylic oxidation sites excluding steroid dienone is 2. The number of hydrogen-bond donors (Lipinski definition) is 0. The van der Waals surface area contributed by atoms with Crippen molar-refractivity contribution >= 4 is 0 Å². The third kappa shape index (κ3) is 4.49. The second-order valence-electron chi connectivity index (χ2n) is 8.00. The van der Waals surface area contributed by atoms with Gasteiger partial charge in [-0.05, 0) is 31.8 Å². The fourth-order valence-electron chi connectivity index (χ4n) is 3.77. The number of hydrogen-bond acceptors (Lipinski definition) is 6. The van der Waals surface area contributed by atoms with E-state index in [-0.39, 0.29) is 23.7 Å². The van der Waals surface area contributed by atoms with Crippen LogP contribution in [0.25, 0.3) is 0 Å². The van der Waals surface area contributed by atoms with Gasteiger partial charge in [-0.1, -0.05) is 12.2 Å². The van der Waals surface area contributed by atoms with Gasteiger partial charge in [0.2, 0.25) is 0 Å². The molecule has 4 heterocycles. The van der Waals surface area contributed by atoms with Crippen molar-refractivity contribution in [3.05, 3.63) is 24.0 Å². The van der Waals surface area contributed by atoms with E-state index in [4.69, 9.17) is 28.4 Å². The summed E-state index contributed by atoms with van der Waals surface area (Å²) in [6.45, 7) is 4.66. The first-order valence-electron chi connectivity index (χ1n) is 9.93. The van der Waals surface area contributed by atoms with Crippen molar-refractivity contribution < 1.29 is 28.4 Å². The third-order valence-electron chi connectivity index (χ3n) is 5.79. The fourth-order valence-corrected chi connectivity index (χ4v) is 3.77. The lowest BCUT2D eigenvalue weighted by molar-refractivity contribution is -0.0723. The van der Waals surface area contributed by atoms with Crippen LogP contribution in [0.1, 0.15) is 25.7 Å². The summed E-state index contributed by atoms with van der Waals surface area (Å²) >= 11 is 0. The van der Waals surface area contributed by atoms with Crippen LogP contribution in [-0.4, -0.2) is 69.7 Å². The van der Waals surface area contributed by atoms with Gasteiger partial charge >= 0.3 is 0 Å². The highest BCUT2D eigenvalue weighted by Gasteiger charge is 2.45. The van der Waals surface area contributed by atoms with Gasteiger partial charge in [0.15, 0.2) is 0 Å². The van der Waals surface area contributed by atoms with Crippen LogP contribution in [-0.2, 0) is 28.4 Å². The third-order valence-corrected chi connectivity index (χ3v) is 5.79. The molecule has 144 valence electrons. The highest BCUT2D eigenvalue weighted by Crippen LogP contribution is 2.43. The molecular formula is C20H28O6. The summed E-state index contributed by atoms with van der Waals surface area (Å²) in [5.41, 5.74) is -0.346. The summed E-state index contributed by atoms with van der Waals surface area (Å²) in [4.78, 5) is 0. The first-order valence-corrected chi connectivity index (χ1v) is 9.93. The monoisotopic (exact) mass is 364 g/mol. The summed E-state index contributed by atoms with van der Waals surface area (Å²) in [6.07, 6.45) is 11.7. The van der Waals surface area contributed by atoms with Crippen molar-refractivity contribution in [1.82, 2.24) is 0 Å². The van der Waals surface area contributed by atoms with Crippen LogP contribution in [0.2, 0.25) is 0 Å². The number of rotatable bonds is 12. The molecule has 4 saturated heterocycles. The van der Waals surface area contributed by atoms with Crippen LogP contribution in [0.15, 0.2) is 24.0 Å². The van der Waals surface area contributed by atoms with E-state index in [1.54, 1.807) is 0 Å². The summed E-state index contributed by atoms with van der Waals surface area (Å²) in [5.74, 6) is 1.23. The van der Waals surface area contributed by atoms with E-state index in [0.717, 1.165) is 57.9 Å². The Morgan fingerprint density at radius 2 is 1.50 bits per heavy atom. The highest BCUT2D eigenvalue weighted by atomic mass is 16.6. The van der Waals surface area contributed by atoms with E-state index in [9.17, 15) is 0 Å². The standard InChI is InChI=1S/C20H28O6/c1-2-19(25-12-16-10-23-16)18(4-3-14-8-21-14)20(6-1,7-5-15-9-22-15)26-13-17-11-24-17/h1-2,6,14-18H,3-5,7-13H2. The zero-order chi connectivity index (χ0) is 17.4. The Morgan fingerprint density at radius 3 is 2.19 bits per heavy atom. The molecule has 4 aliphatic heterocycles. The predicted molar refractivity (Wildman–Crippen MR) is 92.8 cm³/mol. The SMILES string of the molecule is C1=CC(CCC2CO2)(OCC2CO2)C(CCC2CO2)C(OCC2CO2)=C1. The molecule has 0 amide bonds. The van der Waals surface area contributed by atoms with Crippen LogP contribution >= 0.6 is 0 Å². The summed E-state index contributed by atoms with van der Waals surface area (Å²) in [6, 6.07) is 0.